The monoisotopic (exact) mass is 290 g/mol. The number of aliphatic hydroxyl groups is 1. The maximum absolute atomic E-state index is 9.43. The first kappa shape index (κ1) is 15.4. The zero-order valence-corrected chi connectivity index (χ0v) is 12.7. The highest BCUT2D eigenvalue weighted by molar-refractivity contribution is 5.46. The molecule has 0 spiro atoms. The van der Waals surface area contributed by atoms with Crippen LogP contribution >= 0.6 is 0 Å². The number of rotatable bonds is 7. The van der Waals surface area contributed by atoms with Gasteiger partial charge in [0.1, 0.15) is 6.61 Å². The fourth-order valence-corrected chi connectivity index (χ4v) is 2.01. The Morgan fingerprint density at radius 1 is 1.24 bits per heavy atom. The quantitative estimate of drug-likeness (QED) is 0.852. The fourth-order valence-electron chi connectivity index (χ4n) is 2.01. The number of hydrogen-bond acceptors (Lipinski definition) is 4. The van der Waals surface area contributed by atoms with Crippen LogP contribution in [-0.4, -0.2) is 21.5 Å². The van der Waals surface area contributed by atoms with Crippen molar-refractivity contribution in [3.63, 3.8) is 0 Å². The second-order valence-corrected chi connectivity index (χ2v) is 5.01. The second kappa shape index (κ2) is 7.13. The van der Waals surface area contributed by atoms with Gasteiger partial charge in [-0.15, -0.1) is 0 Å². The number of benzene rings is 1. The van der Waals surface area contributed by atoms with Gasteiger partial charge in [0.05, 0.1) is 18.9 Å². The van der Waals surface area contributed by atoms with Crippen molar-refractivity contribution in [1.29, 1.82) is 0 Å². The maximum atomic E-state index is 9.43. The molecule has 5 nitrogen and oxygen atoms in total. The van der Waals surface area contributed by atoms with Gasteiger partial charge >= 0.3 is 0 Å². The van der Waals surface area contributed by atoms with Crippen molar-refractivity contribution in [3.05, 3.63) is 41.7 Å². The molecule has 0 saturated heterocycles. The molecular formula is C16H22N2O3. The Kier molecular flexibility index (Phi) is 5.22. The summed E-state index contributed by atoms with van der Waals surface area (Å²) in [6.45, 7) is 6.87. The molecular weight excluding hydrogens is 268 g/mol. The summed E-state index contributed by atoms with van der Waals surface area (Å²) in [4.78, 5) is 0. The van der Waals surface area contributed by atoms with E-state index in [0.717, 1.165) is 5.69 Å². The molecule has 0 aliphatic rings. The molecule has 1 N–H and O–H groups in total. The van der Waals surface area contributed by atoms with Gasteiger partial charge in [0, 0.05) is 17.8 Å². The SMILES string of the molecule is CCOc1cccc(CO)c1OCc1ccn(C(C)C)n1. The van der Waals surface area contributed by atoms with Gasteiger partial charge in [-0.1, -0.05) is 12.1 Å². The predicted octanol–water partition coefficient (Wildman–Crippen LogP) is 2.93. The van der Waals surface area contributed by atoms with E-state index in [2.05, 4.69) is 18.9 Å². The van der Waals surface area contributed by atoms with Crippen molar-refractivity contribution in [2.24, 2.45) is 0 Å². The Morgan fingerprint density at radius 3 is 2.67 bits per heavy atom. The third kappa shape index (κ3) is 3.76. The number of nitrogens with zero attached hydrogens (tertiary/aromatic N) is 2. The second-order valence-electron chi connectivity index (χ2n) is 5.01. The van der Waals surface area contributed by atoms with Gasteiger partial charge in [-0.25, -0.2) is 0 Å². The molecule has 0 radical (unpaired) electrons. The topological polar surface area (TPSA) is 56.5 Å². The first-order valence-corrected chi connectivity index (χ1v) is 7.18. The Balaban J connectivity index is 2.14. The molecule has 1 aromatic carbocycles. The van der Waals surface area contributed by atoms with E-state index >= 15 is 0 Å². The predicted molar refractivity (Wildman–Crippen MR) is 80.5 cm³/mol. The number of hydrogen-bond donors (Lipinski definition) is 1. The summed E-state index contributed by atoms with van der Waals surface area (Å²) in [5, 5.41) is 13.9. The summed E-state index contributed by atoms with van der Waals surface area (Å²) < 4.78 is 13.3. The third-order valence-electron chi connectivity index (χ3n) is 3.09. The minimum Gasteiger partial charge on any atom is -0.490 e. The standard InChI is InChI=1S/C16H22N2O3/c1-4-20-15-7-5-6-13(10-19)16(15)21-11-14-8-9-18(17-14)12(2)3/h5-9,12,19H,4,10-11H2,1-3H3. The lowest BCUT2D eigenvalue weighted by molar-refractivity contribution is 0.241. The Labute approximate surface area is 125 Å². The van der Waals surface area contributed by atoms with Gasteiger partial charge in [-0.2, -0.15) is 5.10 Å². The lowest BCUT2D eigenvalue weighted by Crippen LogP contribution is -2.05. The summed E-state index contributed by atoms with van der Waals surface area (Å²) in [6, 6.07) is 7.76. The fraction of sp³-hybridized carbons (Fsp3) is 0.438. The van der Waals surface area contributed by atoms with Crippen molar-refractivity contribution in [1.82, 2.24) is 9.78 Å². The van der Waals surface area contributed by atoms with Crippen LogP contribution in [0.25, 0.3) is 0 Å². The van der Waals surface area contributed by atoms with Crippen molar-refractivity contribution < 1.29 is 14.6 Å². The highest BCUT2D eigenvalue weighted by atomic mass is 16.5. The molecule has 1 heterocycles. The van der Waals surface area contributed by atoms with E-state index in [-0.39, 0.29) is 6.61 Å². The number of ether oxygens (including phenoxy) is 2. The molecule has 21 heavy (non-hydrogen) atoms. The Hall–Kier alpha value is -2.01. The van der Waals surface area contributed by atoms with Crippen LogP contribution in [0.1, 0.15) is 38.1 Å². The molecule has 0 aliphatic heterocycles. The normalized spacial score (nSPS) is 10.9. The van der Waals surface area contributed by atoms with Gasteiger partial charge < -0.3 is 14.6 Å². The molecule has 0 aliphatic carbocycles. The smallest absolute Gasteiger partial charge is 0.167 e. The number of para-hydroxylation sites is 1. The average molecular weight is 290 g/mol. The van der Waals surface area contributed by atoms with Crippen LogP contribution < -0.4 is 9.47 Å². The van der Waals surface area contributed by atoms with E-state index in [1.54, 1.807) is 0 Å². The molecule has 0 amide bonds. The van der Waals surface area contributed by atoms with Crippen molar-refractivity contribution in [2.75, 3.05) is 6.61 Å². The summed E-state index contributed by atoms with van der Waals surface area (Å²) >= 11 is 0. The molecule has 0 fully saturated rings. The minimum atomic E-state index is -0.0866. The zero-order valence-electron chi connectivity index (χ0n) is 12.7. The number of aliphatic hydroxyl groups excluding tert-OH is 1. The summed E-state index contributed by atoms with van der Waals surface area (Å²) in [7, 11) is 0. The highest BCUT2D eigenvalue weighted by Crippen LogP contribution is 2.32. The van der Waals surface area contributed by atoms with Crippen molar-refractivity contribution in [3.8, 4) is 11.5 Å². The summed E-state index contributed by atoms with van der Waals surface area (Å²) in [6.07, 6.45) is 1.94. The van der Waals surface area contributed by atoms with E-state index in [1.165, 1.54) is 0 Å². The number of aromatic nitrogens is 2. The molecule has 0 bridgehead atoms. The van der Waals surface area contributed by atoms with Crippen LogP contribution in [0.5, 0.6) is 11.5 Å². The summed E-state index contributed by atoms with van der Waals surface area (Å²) in [5.74, 6) is 1.23. The molecule has 2 rings (SSSR count). The first-order chi connectivity index (χ1) is 10.2. The third-order valence-corrected chi connectivity index (χ3v) is 3.09. The van der Waals surface area contributed by atoms with E-state index in [0.29, 0.717) is 36.3 Å². The van der Waals surface area contributed by atoms with Crippen LogP contribution in [0.2, 0.25) is 0 Å². The van der Waals surface area contributed by atoms with Crippen LogP contribution in [0, 0.1) is 0 Å². The van der Waals surface area contributed by atoms with Gasteiger partial charge in [0.15, 0.2) is 11.5 Å². The van der Waals surface area contributed by atoms with Crippen LogP contribution in [0.3, 0.4) is 0 Å². The van der Waals surface area contributed by atoms with Crippen LogP contribution in [-0.2, 0) is 13.2 Å². The van der Waals surface area contributed by atoms with Crippen LogP contribution in [0.4, 0.5) is 0 Å². The lowest BCUT2D eigenvalue weighted by Gasteiger charge is -2.14. The Bertz CT molecular complexity index is 579. The molecule has 0 unspecified atom stereocenters. The maximum Gasteiger partial charge on any atom is 0.167 e. The minimum absolute atomic E-state index is 0.0866. The average Bonchev–Trinajstić information content (AvgIpc) is 2.95. The van der Waals surface area contributed by atoms with Gasteiger partial charge in [-0.05, 0) is 32.9 Å². The molecule has 1 aromatic heterocycles. The van der Waals surface area contributed by atoms with Gasteiger partial charge in [-0.3, -0.25) is 4.68 Å². The molecule has 0 atom stereocenters. The highest BCUT2D eigenvalue weighted by Gasteiger charge is 2.11. The van der Waals surface area contributed by atoms with Gasteiger partial charge in [0.2, 0.25) is 0 Å². The van der Waals surface area contributed by atoms with E-state index < -0.39 is 0 Å². The first-order valence-electron chi connectivity index (χ1n) is 7.18. The van der Waals surface area contributed by atoms with E-state index in [4.69, 9.17) is 9.47 Å². The summed E-state index contributed by atoms with van der Waals surface area (Å²) in [5.41, 5.74) is 1.56. The van der Waals surface area contributed by atoms with Gasteiger partial charge in [0.25, 0.3) is 0 Å². The molecule has 0 saturated carbocycles. The molecule has 5 heteroatoms. The van der Waals surface area contributed by atoms with Crippen molar-refractivity contribution >= 4 is 0 Å². The van der Waals surface area contributed by atoms with E-state index in [1.807, 2.05) is 42.1 Å². The molecule has 114 valence electrons. The molecule has 2 aromatic rings. The largest absolute Gasteiger partial charge is 0.490 e. The van der Waals surface area contributed by atoms with Crippen molar-refractivity contribution in [2.45, 2.75) is 40.0 Å². The lowest BCUT2D eigenvalue weighted by atomic mass is 10.2. The van der Waals surface area contributed by atoms with E-state index in [9.17, 15) is 5.11 Å². The van der Waals surface area contributed by atoms with Crippen LogP contribution in [0.15, 0.2) is 30.5 Å². The zero-order chi connectivity index (χ0) is 15.2. The Morgan fingerprint density at radius 2 is 2.05 bits per heavy atom.